The van der Waals surface area contributed by atoms with Crippen molar-refractivity contribution in [1.82, 2.24) is 20.3 Å². The number of nitrogens with zero attached hydrogens (tertiary/aromatic N) is 2. The molecular weight excluding hydrogens is 402 g/mol. The number of aromatic amines is 1. The first-order valence-corrected chi connectivity index (χ1v) is 10.3. The van der Waals surface area contributed by atoms with Crippen LogP contribution in [-0.2, 0) is 6.42 Å². The van der Waals surface area contributed by atoms with Crippen LogP contribution in [0.25, 0.3) is 21.6 Å². The van der Waals surface area contributed by atoms with Gasteiger partial charge in [0.25, 0.3) is 12.3 Å². The van der Waals surface area contributed by atoms with Crippen molar-refractivity contribution in [2.75, 3.05) is 6.54 Å². The second-order valence-electron chi connectivity index (χ2n) is 6.18. The molecule has 2 N–H and O–H groups in total. The average Bonchev–Trinajstić information content (AvgIpc) is 3.39. The average molecular weight is 418 g/mol. The van der Waals surface area contributed by atoms with E-state index in [0.717, 1.165) is 20.5 Å². The van der Waals surface area contributed by atoms with Crippen molar-refractivity contribution in [2.24, 2.45) is 0 Å². The molecule has 1 aromatic carbocycles. The van der Waals surface area contributed by atoms with Gasteiger partial charge < -0.3 is 10.3 Å². The highest BCUT2D eigenvalue weighted by Gasteiger charge is 2.14. The molecule has 0 aliphatic heterocycles. The number of benzene rings is 1. The van der Waals surface area contributed by atoms with Gasteiger partial charge in [-0.2, -0.15) is 0 Å². The number of thiophene rings is 1. The van der Waals surface area contributed by atoms with E-state index in [-0.39, 0.29) is 5.91 Å². The zero-order valence-electron chi connectivity index (χ0n) is 14.8. The number of carbonyl (C=O) groups is 1. The number of rotatable bonds is 6. The Morgan fingerprint density at radius 1 is 1.25 bits per heavy atom. The SMILES string of the molecule is Cc1nc(-c2ccc(CCNC(=O)c3ccc4nc(C(F)F)[nH]c4c3)s2)cs1. The smallest absolute Gasteiger partial charge is 0.295 e. The van der Waals surface area contributed by atoms with Crippen LogP contribution in [0.5, 0.6) is 0 Å². The molecule has 0 saturated carbocycles. The van der Waals surface area contributed by atoms with Gasteiger partial charge in [0.2, 0.25) is 0 Å². The number of fused-ring (bicyclic) bond motifs is 1. The van der Waals surface area contributed by atoms with E-state index in [9.17, 15) is 13.6 Å². The van der Waals surface area contributed by atoms with Crippen LogP contribution in [0.15, 0.2) is 35.7 Å². The van der Waals surface area contributed by atoms with Crippen molar-refractivity contribution in [3.63, 3.8) is 0 Å². The van der Waals surface area contributed by atoms with E-state index in [1.807, 2.05) is 24.4 Å². The molecule has 0 aliphatic carbocycles. The van der Waals surface area contributed by atoms with Crippen LogP contribution in [-0.4, -0.2) is 27.4 Å². The Hall–Kier alpha value is -2.65. The van der Waals surface area contributed by atoms with E-state index < -0.39 is 12.2 Å². The summed E-state index contributed by atoms with van der Waals surface area (Å²) in [7, 11) is 0. The summed E-state index contributed by atoms with van der Waals surface area (Å²) in [6.07, 6.45) is -1.96. The fraction of sp³-hybridized carbons (Fsp3) is 0.211. The maximum absolute atomic E-state index is 12.7. The van der Waals surface area contributed by atoms with E-state index in [1.165, 1.54) is 6.07 Å². The Kier molecular flexibility index (Phi) is 5.19. The number of nitrogens with one attached hydrogen (secondary N) is 2. The number of hydrogen-bond acceptors (Lipinski definition) is 5. The molecule has 9 heteroatoms. The first kappa shape index (κ1) is 18.7. The number of aromatic nitrogens is 3. The number of amides is 1. The normalized spacial score (nSPS) is 11.4. The van der Waals surface area contributed by atoms with Gasteiger partial charge in [0.15, 0.2) is 5.82 Å². The minimum atomic E-state index is -2.67. The van der Waals surface area contributed by atoms with E-state index in [1.54, 1.807) is 34.8 Å². The minimum absolute atomic E-state index is 0.248. The molecule has 0 saturated heterocycles. The number of imidazole rings is 1. The molecular formula is C19H16F2N4OS2. The Morgan fingerprint density at radius 2 is 2.11 bits per heavy atom. The lowest BCUT2D eigenvalue weighted by atomic mass is 10.2. The molecule has 3 aromatic heterocycles. The van der Waals surface area contributed by atoms with Gasteiger partial charge in [0.05, 0.1) is 26.6 Å². The van der Waals surface area contributed by atoms with Crippen LogP contribution in [0.4, 0.5) is 8.78 Å². The highest BCUT2D eigenvalue weighted by atomic mass is 32.1. The number of thiazole rings is 1. The largest absolute Gasteiger partial charge is 0.352 e. The zero-order valence-corrected chi connectivity index (χ0v) is 16.5. The van der Waals surface area contributed by atoms with E-state index >= 15 is 0 Å². The van der Waals surface area contributed by atoms with Gasteiger partial charge in [0.1, 0.15) is 0 Å². The summed E-state index contributed by atoms with van der Waals surface area (Å²) in [4.78, 5) is 25.5. The van der Waals surface area contributed by atoms with Crippen molar-refractivity contribution in [3.8, 4) is 10.6 Å². The Bertz CT molecular complexity index is 1130. The quantitative estimate of drug-likeness (QED) is 0.465. The van der Waals surface area contributed by atoms with Crippen LogP contribution in [0.2, 0.25) is 0 Å². The van der Waals surface area contributed by atoms with Gasteiger partial charge in [-0.3, -0.25) is 4.79 Å². The van der Waals surface area contributed by atoms with Gasteiger partial charge in [-0.25, -0.2) is 18.7 Å². The number of hydrogen-bond donors (Lipinski definition) is 2. The summed E-state index contributed by atoms with van der Waals surface area (Å²) >= 11 is 3.28. The van der Waals surface area contributed by atoms with Gasteiger partial charge in [-0.1, -0.05) is 0 Å². The third kappa shape index (κ3) is 3.95. The summed E-state index contributed by atoms with van der Waals surface area (Å²) in [6, 6.07) is 8.78. The summed E-state index contributed by atoms with van der Waals surface area (Å²) in [5, 5.41) is 5.94. The summed E-state index contributed by atoms with van der Waals surface area (Å²) in [6.45, 7) is 2.46. The minimum Gasteiger partial charge on any atom is -0.352 e. The number of halogens is 2. The zero-order chi connectivity index (χ0) is 19.7. The third-order valence-electron chi connectivity index (χ3n) is 4.16. The molecule has 4 rings (SSSR count). The van der Waals surface area contributed by atoms with Crippen LogP contribution in [0.3, 0.4) is 0 Å². The Labute approximate surface area is 167 Å². The predicted octanol–water partition coefficient (Wildman–Crippen LogP) is 4.97. The second kappa shape index (κ2) is 7.76. The molecule has 0 aliphatic rings. The summed E-state index contributed by atoms with van der Waals surface area (Å²) < 4.78 is 25.5. The third-order valence-corrected chi connectivity index (χ3v) is 6.10. The molecule has 1 amide bonds. The van der Waals surface area contributed by atoms with Gasteiger partial charge in [-0.15, -0.1) is 22.7 Å². The summed E-state index contributed by atoms with van der Waals surface area (Å²) in [5.74, 6) is -0.640. The highest BCUT2D eigenvalue weighted by molar-refractivity contribution is 7.16. The highest BCUT2D eigenvalue weighted by Crippen LogP contribution is 2.29. The topological polar surface area (TPSA) is 70.7 Å². The maximum Gasteiger partial charge on any atom is 0.295 e. The fourth-order valence-electron chi connectivity index (χ4n) is 2.80. The molecule has 5 nitrogen and oxygen atoms in total. The molecule has 0 atom stereocenters. The molecule has 0 fully saturated rings. The van der Waals surface area contributed by atoms with Crippen molar-refractivity contribution < 1.29 is 13.6 Å². The van der Waals surface area contributed by atoms with Crippen molar-refractivity contribution in [1.29, 1.82) is 0 Å². The van der Waals surface area contributed by atoms with E-state index in [0.29, 0.717) is 29.6 Å². The van der Waals surface area contributed by atoms with Gasteiger partial charge >= 0.3 is 0 Å². The first-order chi connectivity index (χ1) is 13.5. The van der Waals surface area contributed by atoms with Crippen LogP contribution < -0.4 is 5.32 Å². The molecule has 3 heterocycles. The summed E-state index contributed by atoms with van der Waals surface area (Å²) in [5.41, 5.74) is 2.22. The lowest BCUT2D eigenvalue weighted by Crippen LogP contribution is -2.25. The van der Waals surface area contributed by atoms with Crippen molar-refractivity contribution in [2.45, 2.75) is 19.8 Å². The van der Waals surface area contributed by atoms with Crippen LogP contribution in [0, 0.1) is 6.92 Å². The molecule has 4 aromatic rings. The fourth-order valence-corrected chi connectivity index (χ4v) is 4.46. The lowest BCUT2D eigenvalue weighted by molar-refractivity contribution is 0.0954. The molecule has 0 unspecified atom stereocenters. The number of H-pyrrole nitrogens is 1. The number of carbonyl (C=O) groups excluding carboxylic acids is 1. The predicted molar refractivity (Wildman–Crippen MR) is 107 cm³/mol. The standard InChI is InChI=1S/C19H16F2N4OS2/c1-10-23-15(9-27-10)16-5-3-12(28-16)6-7-22-19(26)11-2-4-13-14(8-11)25-18(24-13)17(20)21/h2-5,8-9,17H,6-7H2,1H3,(H,22,26)(H,24,25). The monoisotopic (exact) mass is 418 g/mol. The Balaban J connectivity index is 1.37. The van der Waals surface area contributed by atoms with Crippen LogP contribution in [0.1, 0.15) is 32.5 Å². The molecule has 28 heavy (non-hydrogen) atoms. The van der Waals surface area contributed by atoms with Gasteiger partial charge in [0, 0.05) is 22.4 Å². The maximum atomic E-state index is 12.7. The van der Waals surface area contributed by atoms with E-state index in [2.05, 4.69) is 20.3 Å². The van der Waals surface area contributed by atoms with Crippen molar-refractivity contribution >= 4 is 39.6 Å². The van der Waals surface area contributed by atoms with E-state index in [4.69, 9.17) is 0 Å². The molecule has 0 radical (unpaired) electrons. The van der Waals surface area contributed by atoms with Crippen LogP contribution >= 0.6 is 22.7 Å². The number of alkyl halides is 2. The molecule has 0 spiro atoms. The first-order valence-electron chi connectivity index (χ1n) is 8.57. The molecule has 144 valence electrons. The van der Waals surface area contributed by atoms with Crippen molar-refractivity contribution in [3.05, 3.63) is 57.0 Å². The lowest BCUT2D eigenvalue weighted by Gasteiger charge is -2.04. The second-order valence-corrected chi connectivity index (χ2v) is 8.41. The number of aryl methyl sites for hydroxylation is 1. The molecule has 0 bridgehead atoms. The van der Waals surface area contributed by atoms with Gasteiger partial charge in [-0.05, 0) is 43.7 Å². The Morgan fingerprint density at radius 3 is 2.86 bits per heavy atom.